The van der Waals surface area contributed by atoms with E-state index in [-0.39, 0.29) is 24.2 Å². The average Bonchev–Trinajstić information content (AvgIpc) is 2.65. The number of carbonyl (C=O) groups excluding carboxylic acids is 1. The fourth-order valence-corrected chi connectivity index (χ4v) is 2.97. The Hall–Kier alpha value is -2.04. The van der Waals surface area contributed by atoms with Gasteiger partial charge >= 0.3 is 0 Å². The number of nitrogens with one attached hydrogen (secondary N) is 2. The zero-order valence-electron chi connectivity index (χ0n) is 14.7. The number of amides is 1. The molecule has 2 aromatic rings. The van der Waals surface area contributed by atoms with Gasteiger partial charge in [-0.15, -0.1) is 12.4 Å². The summed E-state index contributed by atoms with van der Waals surface area (Å²) in [5, 5.41) is 8.58. The van der Waals surface area contributed by atoms with Crippen molar-refractivity contribution >= 4 is 29.1 Å². The molecule has 4 nitrogen and oxygen atoms in total. The van der Waals surface area contributed by atoms with E-state index in [2.05, 4.69) is 22.8 Å². The topological polar surface area (TPSA) is 50.4 Å². The van der Waals surface area contributed by atoms with E-state index in [0.717, 1.165) is 41.6 Å². The van der Waals surface area contributed by atoms with Crippen molar-refractivity contribution in [2.75, 3.05) is 26.7 Å². The van der Waals surface area contributed by atoms with Crippen LogP contribution < -0.4 is 15.4 Å². The predicted molar refractivity (Wildman–Crippen MR) is 105 cm³/mol. The van der Waals surface area contributed by atoms with Gasteiger partial charge in [0, 0.05) is 13.1 Å². The Kier molecular flexibility index (Phi) is 6.85. The first-order chi connectivity index (χ1) is 11.7. The number of benzene rings is 2. The number of halogens is 1. The quantitative estimate of drug-likeness (QED) is 0.803. The van der Waals surface area contributed by atoms with E-state index in [1.807, 2.05) is 37.3 Å². The Balaban J connectivity index is 0.00000225. The lowest BCUT2D eigenvalue weighted by Gasteiger charge is -2.17. The van der Waals surface area contributed by atoms with E-state index in [1.165, 1.54) is 5.57 Å². The van der Waals surface area contributed by atoms with Gasteiger partial charge < -0.3 is 15.4 Å². The Bertz CT molecular complexity index is 773. The van der Waals surface area contributed by atoms with Gasteiger partial charge in [0.2, 0.25) is 5.91 Å². The fraction of sp³-hybridized carbons (Fsp3) is 0.350. The van der Waals surface area contributed by atoms with Crippen molar-refractivity contribution in [3.63, 3.8) is 0 Å². The summed E-state index contributed by atoms with van der Waals surface area (Å²) >= 11 is 0. The maximum Gasteiger partial charge on any atom is 0.227 e. The maximum absolute atomic E-state index is 12.4. The van der Waals surface area contributed by atoms with Crippen LogP contribution in [0.4, 0.5) is 0 Å². The molecule has 0 aliphatic carbocycles. The van der Waals surface area contributed by atoms with Gasteiger partial charge in [0.1, 0.15) is 5.75 Å². The molecule has 2 aromatic carbocycles. The number of methoxy groups -OCH3 is 1. The Labute approximate surface area is 155 Å². The first-order valence-corrected chi connectivity index (χ1v) is 8.41. The second kappa shape index (κ2) is 8.88. The van der Waals surface area contributed by atoms with Crippen molar-refractivity contribution < 1.29 is 9.53 Å². The van der Waals surface area contributed by atoms with Gasteiger partial charge in [0.25, 0.3) is 0 Å². The van der Waals surface area contributed by atoms with Crippen LogP contribution in [0.15, 0.2) is 48.0 Å². The summed E-state index contributed by atoms with van der Waals surface area (Å²) < 4.78 is 5.25. The molecule has 0 aromatic heterocycles. The van der Waals surface area contributed by atoms with Crippen LogP contribution in [-0.2, 0) is 4.79 Å². The minimum atomic E-state index is -0.168. The van der Waals surface area contributed by atoms with Gasteiger partial charge in [-0.2, -0.15) is 0 Å². The first-order valence-electron chi connectivity index (χ1n) is 8.41. The van der Waals surface area contributed by atoms with Gasteiger partial charge in [0.05, 0.1) is 13.0 Å². The highest BCUT2D eigenvalue weighted by molar-refractivity contribution is 5.88. The largest absolute Gasteiger partial charge is 0.497 e. The van der Waals surface area contributed by atoms with Crippen molar-refractivity contribution in [3.05, 3.63) is 53.6 Å². The Morgan fingerprint density at radius 2 is 2.00 bits per heavy atom. The van der Waals surface area contributed by atoms with Gasteiger partial charge in [-0.1, -0.05) is 35.9 Å². The average molecular weight is 361 g/mol. The molecule has 25 heavy (non-hydrogen) atoms. The lowest BCUT2D eigenvalue weighted by Crippen LogP contribution is -2.32. The summed E-state index contributed by atoms with van der Waals surface area (Å²) in [6, 6.07) is 12.1. The van der Waals surface area contributed by atoms with E-state index >= 15 is 0 Å². The molecule has 1 amide bonds. The zero-order chi connectivity index (χ0) is 16.9. The lowest BCUT2D eigenvalue weighted by atomic mass is 9.97. The lowest BCUT2D eigenvalue weighted by molar-refractivity contribution is -0.122. The SMILES string of the molecule is COc1ccc2cc(C(C)C(=O)NCC3=CCNCC3)ccc2c1.Cl. The van der Waals surface area contributed by atoms with Crippen molar-refractivity contribution in [1.29, 1.82) is 0 Å². The van der Waals surface area contributed by atoms with E-state index in [9.17, 15) is 4.79 Å². The van der Waals surface area contributed by atoms with Crippen LogP contribution in [0.2, 0.25) is 0 Å². The van der Waals surface area contributed by atoms with Gasteiger partial charge in [0.15, 0.2) is 0 Å². The predicted octanol–water partition coefficient (Wildman–Crippen LogP) is 3.41. The molecule has 0 saturated heterocycles. The molecule has 1 atom stereocenters. The highest BCUT2D eigenvalue weighted by Gasteiger charge is 2.16. The van der Waals surface area contributed by atoms with Gasteiger partial charge in [-0.25, -0.2) is 0 Å². The molecule has 0 spiro atoms. The van der Waals surface area contributed by atoms with Crippen LogP contribution >= 0.6 is 12.4 Å². The summed E-state index contributed by atoms with van der Waals surface area (Å²) in [7, 11) is 1.67. The van der Waals surface area contributed by atoms with E-state index in [1.54, 1.807) is 7.11 Å². The van der Waals surface area contributed by atoms with E-state index in [4.69, 9.17) is 4.74 Å². The van der Waals surface area contributed by atoms with Crippen LogP contribution in [-0.4, -0.2) is 32.7 Å². The molecular weight excluding hydrogens is 336 g/mol. The number of carbonyl (C=O) groups is 1. The molecule has 1 unspecified atom stereocenters. The third kappa shape index (κ3) is 4.74. The van der Waals surface area contributed by atoms with Crippen LogP contribution in [0.1, 0.15) is 24.8 Å². The molecule has 134 valence electrons. The molecule has 0 radical (unpaired) electrons. The summed E-state index contributed by atoms with van der Waals surface area (Å²) in [6.45, 7) is 4.49. The normalized spacial score (nSPS) is 15.0. The molecule has 1 heterocycles. The molecule has 0 fully saturated rings. The second-order valence-corrected chi connectivity index (χ2v) is 6.23. The third-order valence-electron chi connectivity index (χ3n) is 4.61. The molecular formula is C20H25ClN2O2. The van der Waals surface area contributed by atoms with Gasteiger partial charge in [-0.3, -0.25) is 4.79 Å². The van der Waals surface area contributed by atoms with Crippen LogP contribution in [0.5, 0.6) is 5.75 Å². The number of ether oxygens (including phenoxy) is 1. The number of rotatable bonds is 5. The number of hydrogen-bond acceptors (Lipinski definition) is 3. The van der Waals surface area contributed by atoms with E-state index in [0.29, 0.717) is 6.54 Å². The fourth-order valence-electron chi connectivity index (χ4n) is 2.97. The number of fused-ring (bicyclic) bond motifs is 1. The van der Waals surface area contributed by atoms with Crippen LogP contribution in [0.3, 0.4) is 0 Å². The molecule has 1 aliphatic rings. The van der Waals surface area contributed by atoms with Gasteiger partial charge in [-0.05, 0) is 48.4 Å². The highest BCUT2D eigenvalue weighted by atomic mass is 35.5. The monoisotopic (exact) mass is 360 g/mol. The van der Waals surface area contributed by atoms with Crippen molar-refractivity contribution in [3.8, 4) is 5.75 Å². The summed E-state index contributed by atoms with van der Waals surface area (Å²) in [5.74, 6) is 0.748. The highest BCUT2D eigenvalue weighted by Crippen LogP contribution is 2.25. The first kappa shape index (κ1) is 19.3. The minimum absolute atomic E-state index is 0. The summed E-state index contributed by atoms with van der Waals surface area (Å²) in [6.07, 6.45) is 3.17. The standard InChI is InChI=1S/C20H24N2O2.ClH/c1-14(20(23)22-13-15-7-9-21-10-8-15)16-3-4-18-12-19(24-2)6-5-17(18)11-16;/h3-7,11-12,14,21H,8-10,13H2,1-2H3,(H,22,23);1H. The Morgan fingerprint density at radius 1 is 1.24 bits per heavy atom. The molecule has 0 saturated carbocycles. The zero-order valence-corrected chi connectivity index (χ0v) is 15.5. The molecule has 1 aliphatic heterocycles. The van der Waals surface area contributed by atoms with Crippen LogP contribution in [0.25, 0.3) is 10.8 Å². The molecule has 0 bridgehead atoms. The number of hydrogen-bond donors (Lipinski definition) is 2. The maximum atomic E-state index is 12.4. The Morgan fingerprint density at radius 3 is 2.72 bits per heavy atom. The summed E-state index contributed by atoms with van der Waals surface area (Å²) in [4.78, 5) is 12.4. The smallest absolute Gasteiger partial charge is 0.227 e. The molecule has 3 rings (SSSR count). The van der Waals surface area contributed by atoms with Crippen molar-refractivity contribution in [2.24, 2.45) is 0 Å². The van der Waals surface area contributed by atoms with Crippen molar-refractivity contribution in [2.45, 2.75) is 19.3 Å². The summed E-state index contributed by atoms with van der Waals surface area (Å²) in [5.41, 5.74) is 2.34. The van der Waals surface area contributed by atoms with Crippen LogP contribution in [0, 0.1) is 0 Å². The molecule has 5 heteroatoms. The van der Waals surface area contributed by atoms with E-state index < -0.39 is 0 Å². The third-order valence-corrected chi connectivity index (χ3v) is 4.61. The minimum Gasteiger partial charge on any atom is -0.497 e. The van der Waals surface area contributed by atoms with Crippen molar-refractivity contribution in [1.82, 2.24) is 10.6 Å². The molecule has 2 N–H and O–H groups in total. The second-order valence-electron chi connectivity index (χ2n) is 6.23.